The summed E-state index contributed by atoms with van der Waals surface area (Å²) in [6.07, 6.45) is 5.74. The molecule has 234 valence electrons. The molecule has 2 atom stereocenters. The molecule has 6 aromatic rings. The predicted octanol–water partition coefficient (Wildman–Crippen LogP) is 5.25. The van der Waals surface area contributed by atoms with Crippen molar-refractivity contribution in [2.45, 2.75) is 45.7 Å². The molecule has 6 rings (SSSR count). The first-order valence-corrected chi connectivity index (χ1v) is 14.2. The predicted molar refractivity (Wildman–Crippen MR) is 174 cm³/mol. The number of aromatic nitrogens is 3. The zero-order valence-corrected chi connectivity index (χ0v) is 25.1. The number of rotatable bonds is 7. The highest BCUT2D eigenvalue weighted by molar-refractivity contribution is 5.93. The molecular formula is C33H36N6O6. The second-order valence-corrected chi connectivity index (χ2v) is 11.0. The highest BCUT2D eigenvalue weighted by Crippen LogP contribution is 2.30. The van der Waals surface area contributed by atoms with Gasteiger partial charge in [-0.3, -0.25) is 19.7 Å². The lowest BCUT2D eigenvalue weighted by Gasteiger charge is -2.05. The van der Waals surface area contributed by atoms with Gasteiger partial charge in [0.2, 0.25) is 0 Å². The van der Waals surface area contributed by atoms with E-state index in [0.29, 0.717) is 22.9 Å². The molecule has 12 heteroatoms. The summed E-state index contributed by atoms with van der Waals surface area (Å²) in [7, 11) is 0. The topological polar surface area (TPSA) is 217 Å². The number of hydrogen-bond donors (Lipinski definition) is 7. The van der Waals surface area contributed by atoms with Crippen molar-refractivity contribution in [3.63, 3.8) is 0 Å². The van der Waals surface area contributed by atoms with Crippen molar-refractivity contribution in [1.82, 2.24) is 15.0 Å². The third kappa shape index (κ3) is 7.93. The first-order chi connectivity index (χ1) is 21.3. The second-order valence-electron chi connectivity index (χ2n) is 11.0. The maximum atomic E-state index is 11.1. The molecule has 3 aromatic carbocycles. The Hall–Kier alpha value is -5.46. The van der Waals surface area contributed by atoms with Crippen LogP contribution < -0.4 is 11.5 Å². The number of benzene rings is 3. The Labute approximate surface area is 258 Å². The zero-order valence-electron chi connectivity index (χ0n) is 25.1. The van der Waals surface area contributed by atoms with Gasteiger partial charge in [0.1, 0.15) is 12.1 Å². The first-order valence-electron chi connectivity index (χ1n) is 14.2. The summed E-state index contributed by atoms with van der Waals surface area (Å²) in [5.74, 6) is -2.11. The van der Waals surface area contributed by atoms with Gasteiger partial charge in [0.25, 0.3) is 5.69 Å². The Morgan fingerprint density at radius 2 is 1.31 bits per heavy atom. The van der Waals surface area contributed by atoms with Crippen LogP contribution in [0, 0.1) is 30.9 Å². The minimum absolute atomic E-state index is 0.0381. The standard InChI is InChI=1S/C12H13N3O4.C12H14N2O2.C9H9N/c1-6-2-9-11(10(3-6)15(18)19)7(5-14-9)4-8(13)12(16)17;1-7-2-3-9-8(5-10(13)12(15)16)6-14-11(9)4-7;1-7-2-3-8-4-5-10-9(8)6-7/h2-3,5,8,14H,4,13H2,1H3,(H,16,17);2-4,6,10,14H,5,13H2,1H3,(H,15,16);2-6,10H,1H3/t8-;10-;/m00./s1. The molecule has 3 aromatic heterocycles. The van der Waals surface area contributed by atoms with Gasteiger partial charge in [-0.15, -0.1) is 0 Å². The average Bonchev–Trinajstić information content (AvgIpc) is 3.71. The normalized spacial score (nSPS) is 12.2. The van der Waals surface area contributed by atoms with Crippen molar-refractivity contribution in [2.75, 3.05) is 0 Å². The summed E-state index contributed by atoms with van der Waals surface area (Å²) in [6.45, 7) is 5.87. The number of nitro groups is 1. The number of fused-ring (bicyclic) bond motifs is 3. The summed E-state index contributed by atoms with van der Waals surface area (Å²) in [4.78, 5) is 41.3. The zero-order chi connectivity index (χ0) is 32.8. The Bertz CT molecular complexity index is 1990. The number of nitrogens with one attached hydrogen (secondary N) is 3. The van der Waals surface area contributed by atoms with Crippen LogP contribution in [0.1, 0.15) is 27.8 Å². The first kappa shape index (κ1) is 32.5. The summed E-state index contributed by atoms with van der Waals surface area (Å²) in [6, 6.07) is 15.8. The number of nitrogens with zero attached hydrogens (tertiary/aromatic N) is 1. The third-order valence-corrected chi connectivity index (χ3v) is 7.33. The Kier molecular flexibility index (Phi) is 10.0. The Balaban J connectivity index is 0.000000160. The molecule has 3 heterocycles. The van der Waals surface area contributed by atoms with Crippen LogP contribution in [-0.2, 0) is 22.4 Å². The maximum Gasteiger partial charge on any atom is 0.320 e. The number of aromatic amines is 3. The number of H-pyrrole nitrogens is 3. The van der Waals surface area contributed by atoms with E-state index >= 15 is 0 Å². The van der Waals surface area contributed by atoms with Crippen molar-refractivity contribution in [1.29, 1.82) is 0 Å². The quantitative estimate of drug-likeness (QED) is 0.0931. The minimum Gasteiger partial charge on any atom is -0.480 e. The summed E-state index contributed by atoms with van der Waals surface area (Å²) >= 11 is 0. The smallest absolute Gasteiger partial charge is 0.320 e. The molecule has 0 fully saturated rings. The SMILES string of the molecule is Cc1cc([N+](=O)[O-])c2c(C[C@H](N)C(=O)O)c[nH]c2c1.Cc1ccc2c(C[C@H](N)C(=O)O)c[nH]c2c1.Cc1ccc2cc[nH]c2c1. The molecule has 0 saturated carbocycles. The second kappa shape index (κ2) is 13.9. The summed E-state index contributed by atoms with van der Waals surface area (Å²) < 4.78 is 0. The van der Waals surface area contributed by atoms with Crippen LogP contribution in [0.25, 0.3) is 32.7 Å². The van der Waals surface area contributed by atoms with Crippen molar-refractivity contribution < 1.29 is 24.7 Å². The van der Waals surface area contributed by atoms with Crippen LogP contribution in [0.5, 0.6) is 0 Å². The molecule has 0 spiro atoms. The van der Waals surface area contributed by atoms with Crippen LogP contribution >= 0.6 is 0 Å². The number of nitrogens with two attached hydrogens (primary N) is 2. The van der Waals surface area contributed by atoms with Gasteiger partial charge in [-0.05, 0) is 78.2 Å². The third-order valence-electron chi connectivity index (χ3n) is 7.33. The molecular weight excluding hydrogens is 576 g/mol. The van der Waals surface area contributed by atoms with Gasteiger partial charge in [0, 0.05) is 53.9 Å². The number of aryl methyl sites for hydroxylation is 3. The number of non-ortho nitro benzene ring substituents is 1. The number of carboxylic acid groups (broad SMARTS) is 2. The van der Waals surface area contributed by atoms with Gasteiger partial charge in [0.15, 0.2) is 0 Å². The van der Waals surface area contributed by atoms with Gasteiger partial charge >= 0.3 is 11.9 Å². The van der Waals surface area contributed by atoms with Gasteiger partial charge in [-0.1, -0.05) is 24.3 Å². The van der Waals surface area contributed by atoms with E-state index in [9.17, 15) is 19.7 Å². The molecule has 0 aliphatic heterocycles. The van der Waals surface area contributed by atoms with Gasteiger partial charge in [-0.25, -0.2) is 0 Å². The fourth-order valence-electron chi connectivity index (χ4n) is 5.04. The number of carboxylic acids is 2. The molecule has 0 aliphatic carbocycles. The van der Waals surface area contributed by atoms with Crippen LogP contribution in [0.15, 0.2) is 73.2 Å². The Morgan fingerprint density at radius 1 is 0.756 bits per heavy atom. The monoisotopic (exact) mass is 612 g/mol. The maximum absolute atomic E-state index is 11.1. The number of carbonyl (C=O) groups is 2. The molecule has 0 bridgehead atoms. The van der Waals surface area contributed by atoms with E-state index in [2.05, 4.69) is 46.1 Å². The molecule has 0 aliphatic rings. The largest absolute Gasteiger partial charge is 0.480 e. The van der Waals surface area contributed by atoms with Crippen LogP contribution in [0.3, 0.4) is 0 Å². The molecule has 45 heavy (non-hydrogen) atoms. The van der Waals surface area contributed by atoms with Crippen molar-refractivity contribution in [3.8, 4) is 0 Å². The Morgan fingerprint density at radius 3 is 1.96 bits per heavy atom. The van der Waals surface area contributed by atoms with Crippen molar-refractivity contribution in [3.05, 3.63) is 111 Å². The molecule has 0 radical (unpaired) electrons. The van der Waals surface area contributed by atoms with Crippen LogP contribution in [-0.4, -0.2) is 54.1 Å². The number of hydrogen-bond acceptors (Lipinski definition) is 6. The van der Waals surface area contributed by atoms with Crippen LogP contribution in [0.4, 0.5) is 5.69 Å². The lowest BCUT2D eigenvalue weighted by molar-refractivity contribution is -0.383. The average molecular weight is 613 g/mol. The van der Waals surface area contributed by atoms with Gasteiger partial charge in [0.05, 0.1) is 15.8 Å². The highest BCUT2D eigenvalue weighted by atomic mass is 16.6. The molecule has 12 nitrogen and oxygen atoms in total. The van der Waals surface area contributed by atoms with E-state index < -0.39 is 28.9 Å². The van der Waals surface area contributed by atoms with Crippen molar-refractivity contribution in [2.24, 2.45) is 11.5 Å². The lowest BCUT2D eigenvalue weighted by atomic mass is 10.0. The number of nitro benzene ring substituents is 1. The molecule has 0 saturated heterocycles. The van der Waals surface area contributed by atoms with E-state index in [1.807, 2.05) is 37.5 Å². The van der Waals surface area contributed by atoms with E-state index in [-0.39, 0.29) is 12.1 Å². The molecule has 0 amide bonds. The summed E-state index contributed by atoms with van der Waals surface area (Å²) in [5, 5.41) is 31.4. The van der Waals surface area contributed by atoms with E-state index in [1.165, 1.54) is 28.1 Å². The number of aliphatic carboxylic acids is 2. The fourth-order valence-corrected chi connectivity index (χ4v) is 5.04. The molecule has 9 N–H and O–H groups in total. The fraction of sp³-hybridized carbons (Fsp3) is 0.212. The minimum atomic E-state index is -1.14. The lowest BCUT2D eigenvalue weighted by Crippen LogP contribution is -2.32. The summed E-state index contributed by atoms with van der Waals surface area (Å²) in [5.41, 5.74) is 18.5. The van der Waals surface area contributed by atoms with Crippen molar-refractivity contribution >= 4 is 50.3 Å². The highest BCUT2D eigenvalue weighted by Gasteiger charge is 2.21. The van der Waals surface area contributed by atoms with Gasteiger partial charge in [-0.2, -0.15) is 0 Å². The van der Waals surface area contributed by atoms with E-state index in [1.54, 1.807) is 19.2 Å². The molecule has 0 unspecified atom stereocenters. The van der Waals surface area contributed by atoms with Crippen LogP contribution in [0.2, 0.25) is 0 Å². The van der Waals surface area contributed by atoms with Gasteiger partial charge < -0.3 is 36.6 Å². The van der Waals surface area contributed by atoms with E-state index in [0.717, 1.165) is 22.0 Å². The van der Waals surface area contributed by atoms with E-state index in [4.69, 9.17) is 21.7 Å².